The molecule has 2 rings (SSSR count). The first-order valence-corrected chi connectivity index (χ1v) is 12.1. The van der Waals surface area contributed by atoms with E-state index in [-0.39, 0.29) is 12.2 Å². The van der Waals surface area contributed by atoms with Crippen LogP contribution in [0, 0.1) is 11.6 Å². The standard InChI is InChI=1S/C23H29F2N3O4S/c1-16(22(30)26-23(2,3)4)27(14-17-10-12-18(24)13-11-17)21(29)15-28(33(5,31)32)20-9-7-6-8-19(20)25/h6-13,16H,14-15H2,1-5H3,(H,26,30)/t16-/m1/s1. The topological polar surface area (TPSA) is 86.8 Å². The Morgan fingerprint density at radius 2 is 1.61 bits per heavy atom. The molecule has 10 heteroatoms. The fourth-order valence-corrected chi connectivity index (χ4v) is 3.94. The molecule has 180 valence electrons. The highest BCUT2D eigenvalue weighted by molar-refractivity contribution is 7.92. The summed E-state index contributed by atoms with van der Waals surface area (Å²) in [6.07, 6.45) is 0.868. The van der Waals surface area contributed by atoms with Crippen molar-refractivity contribution in [1.82, 2.24) is 10.2 Å². The van der Waals surface area contributed by atoms with Crippen LogP contribution in [0.2, 0.25) is 0 Å². The van der Waals surface area contributed by atoms with E-state index in [1.54, 1.807) is 20.8 Å². The highest BCUT2D eigenvalue weighted by atomic mass is 32.2. The smallest absolute Gasteiger partial charge is 0.244 e. The molecule has 0 radical (unpaired) electrons. The molecule has 0 unspecified atom stereocenters. The molecule has 0 heterocycles. The van der Waals surface area contributed by atoms with Crippen molar-refractivity contribution in [3.8, 4) is 0 Å². The number of nitrogens with zero attached hydrogens (tertiary/aromatic N) is 2. The fraction of sp³-hybridized carbons (Fsp3) is 0.391. The average Bonchev–Trinajstić information content (AvgIpc) is 2.69. The lowest BCUT2D eigenvalue weighted by molar-refractivity contribution is -0.140. The first-order chi connectivity index (χ1) is 15.2. The number of rotatable bonds is 8. The van der Waals surface area contributed by atoms with Crippen molar-refractivity contribution in [2.24, 2.45) is 0 Å². The highest BCUT2D eigenvalue weighted by Gasteiger charge is 2.32. The van der Waals surface area contributed by atoms with E-state index in [9.17, 15) is 26.8 Å². The van der Waals surface area contributed by atoms with Crippen LogP contribution in [0.5, 0.6) is 0 Å². The van der Waals surface area contributed by atoms with Gasteiger partial charge in [-0.25, -0.2) is 17.2 Å². The van der Waals surface area contributed by atoms with Gasteiger partial charge in [-0.1, -0.05) is 24.3 Å². The first-order valence-electron chi connectivity index (χ1n) is 10.3. The molecular weight excluding hydrogens is 452 g/mol. The number of hydrogen-bond acceptors (Lipinski definition) is 4. The van der Waals surface area contributed by atoms with Crippen LogP contribution in [-0.2, 0) is 26.2 Å². The summed E-state index contributed by atoms with van der Waals surface area (Å²) in [5.41, 5.74) is -0.305. The molecule has 1 N–H and O–H groups in total. The molecule has 33 heavy (non-hydrogen) atoms. The Morgan fingerprint density at radius 3 is 2.12 bits per heavy atom. The summed E-state index contributed by atoms with van der Waals surface area (Å²) in [7, 11) is -4.03. The molecule has 0 saturated carbocycles. The third-order valence-electron chi connectivity index (χ3n) is 4.73. The van der Waals surface area contributed by atoms with Gasteiger partial charge in [-0.2, -0.15) is 0 Å². The van der Waals surface area contributed by atoms with Crippen LogP contribution in [0.4, 0.5) is 14.5 Å². The lowest BCUT2D eigenvalue weighted by Crippen LogP contribution is -2.54. The van der Waals surface area contributed by atoms with Crippen LogP contribution in [0.25, 0.3) is 0 Å². The van der Waals surface area contributed by atoms with Crippen molar-refractivity contribution in [3.05, 3.63) is 65.7 Å². The highest BCUT2D eigenvalue weighted by Crippen LogP contribution is 2.22. The van der Waals surface area contributed by atoms with Crippen molar-refractivity contribution in [3.63, 3.8) is 0 Å². The summed E-state index contributed by atoms with van der Waals surface area (Å²) < 4.78 is 53.1. The maximum atomic E-state index is 14.3. The molecule has 0 aliphatic rings. The minimum absolute atomic E-state index is 0.0767. The number of benzene rings is 2. The van der Waals surface area contributed by atoms with E-state index < -0.39 is 51.6 Å². The molecular formula is C23H29F2N3O4S. The fourth-order valence-electron chi connectivity index (χ4n) is 3.09. The van der Waals surface area contributed by atoms with Crippen LogP contribution in [-0.4, -0.2) is 49.5 Å². The van der Waals surface area contributed by atoms with E-state index in [0.717, 1.165) is 12.3 Å². The summed E-state index contributed by atoms with van der Waals surface area (Å²) >= 11 is 0. The molecule has 2 aromatic rings. The third kappa shape index (κ3) is 7.52. The SMILES string of the molecule is C[C@H](C(=O)NC(C)(C)C)N(Cc1ccc(F)cc1)C(=O)CN(c1ccccc1F)S(C)(=O)=O. The van der Waals surface area contributed by atoms with Gasteiger partial charge in [-0.05, 0) is 57.5 Å². The minimum atomic E-state index is -4.03. The van der Waals surface area contributed by atoms with E-state index in [0.29, 0.717) is 9.87 Å². The Bertz CT molecular complexity index is 1100. The molecule has 0 aromatic heterocycles. The zero-order valence-corrected chi connectivity index (χ0v) is 20.1. The number of nitrogens with one attached hydrogen (secondary N) is 1. The van der Waals surface area contributed by atoms with Crippen molar-refractivity contribution in [2.75, 3.05) is 17.1 Å². The molecule has 2 aromatic carbocycles. The summed E-state index contributed by atoms with van der Waals surface area (Å²) in [5, 5.41) is 2.79. The van der Waals surface area contributed by atoms with Crippen molar-refractivity contribution in [1.29, 1.82) is 0 Å². The summed E-state index contributed by atoms with van der Waals surface area (Å²) in [6.45, 7) is 6.07. The zero-order chi connectivity index (χ0) is 25.0. The molecule has 0 saturated heterocycles. The maximum Gasteiger partial charge on any atom is 0.244 e. The van der Waals surface area contributed by atoms with Crippen LogP contribution in [0.15, 0.2) is 48.5 Å². The molecule has 0 spiro atoms. The number of amides is 2. The monoisotopic (exact) mass is 481 g/mol. The van der Waals surface area contributed by atoms with Gasteiger partial charge in [0, 0.05) is 12.1 Å². The van der Waals surface area contributed by atoms with Crippen LogP contribution in [0.1, 0.15) is 33.3 Å². The van der Waals surface area contributed by atoms with E-state index in [4.69, 9.17) is 0 Å². The van der Waals surface area contributed by atoms with Crippen molar-refractivity contribution in [2.45, 2.75) is 45.8 Å². The predicted molar refractivity (Wildman–Crippen MR) is 123 cm³/mol. The van der Waals surface area contributed by atoms with Crippen LogP contribution < -0.4 is 9.62 Å². The lowest BCUT2D eigenvalue weighted by atomic mass is 10.1. The number of sulfonamides is 1. The molecule has 0 bridgehead atoms. The second-order valence-corrected chi connectivity index (χ2v) is 10.7. The second-order valence-electron chi connectivity index (χ2n) is 8.78. The maximum absolute atomic E-state index is 14.3. The quantitative estimate of drug-likeness (QED) is 0.628. The van der Waals surface area contributed by atoms with Gasteiger partial charge in [0.05, 0.1) is 11.9 Å². The van der Waals surface area contributed by atoms with E-state index >= 15 is 0 Å². The van der Waals surface area contributed by atoms with Gasteiger partial charge in [-0.3, -0.25) is 13.9 Å². The van der Waals surface area contributed by atoms with Gasteiger partial charge >= 0.3 is 0 Å². The number of anilines is 1. The lowest BCUT2D eigenvalue weighted by Gasteiger charge is -2.33. The Labute approximate surface area is 193 Å². The van der Waals surface area contributed by atoms with Crippen molar-refractivity contribution >= 4 is 27.5 Å². The van der Waals surface area contributed by atoms with Crippen LogP contribution >= 0.6 is 0 Å². The molecule has 1 atom stereocenters. The number of para-hydroxylation sites is 1. The van der Waals surface area contributed by atoms with Gasteiger partial charge in [0.2, 0.25) is 21.8 Å². The minimum Gasteiger partial charge on any atom is -0.350 e. The summed E-state index contributed by atoms with van der Waals surface area (Å²) in [5.74, 6) is -2.43. The summed E-state index contributed by atoms with van der Waals surface area (Å²) in [6, 6.07) is 9.60. The van der Waals surface area contributed by atoms with Gasteiger partial charge in [0.15, 0.2) is 0 Å². The van der Waals surface area contributed by atoms with Crippen LogP contribution in [0.3, 0.4) is 0 Å². The Hall–Kier alpha value is -3.01. The predicted octanol–water partition coefficient (Wildman–Crippen LogP) is 3.06. The van der Waals surface area contributed by atoms with E-state index in [1.807, 2.05) is 0 Å². The Balaban J connectivity index is 2.41. The van der Waals surface area contributed by atoms with Gasteiger partial charge in [-0.15, -0.1) is 0 Å². The van der Waals surface area contributed by atoms with E-state index in [2.05, 4.69) is 5.32 Å². The first kappa shape index (κ1) is 26.2. The van der Waals surface area contributed by atoms with Crippen molar-refractivity contribution < 1.29 is 26.8 Å². The number of hydrogen-bond donors (Lipinski definition) is 1. The zero-order valence-electron chi connectivity index (χ0n) is 19.3. The van der Waals surface area contributed by atoms with E-state index in [1.165, 1.54) is 54.3 Å². The second kappa shape index (κ2) is 10.3. The molecule has 2 amide bonds. The average molecular weight is 482 g/mol. The molecule has 0 aliphatic carbocycles. The van der Waals surface area contributed by atoms with Gasteiger partial charge in [0.1, 0.15) is 24.2 Å². The summed E-state index contributed by atoms with van der Waals surface area (Å²) in [4.78, 5) is 27.3. The number of carbonyl (C=O) groups is 2. The normalized spacial score (nSPS) is 12.7. The molecule has 0 fully saturated rings. The largest absolute Gasteiger partial charge is 0.350 e. The van der Waals surface area contributed by atoms with Gasteiger partial charge < -0.3 is 10.2 Å². The third-order valence-corrected chi connectivity index (χ3v) is 5.86. The number of halogens is 2. The van der Waals surface area contributed by atoms with Gasteiger partial charge in [0.25, 0.3) is 0 Å². The molecule has 7 nitrogen and oxygen atoms in total. The Morgan fingerprint density at radius 1 is 1.03 bits per heavy atom. The Kier molecular flexibility index (Phi) is 8.18. The molecule has 0 aliphatic heterocycles. The number of carbonyl (C=O) groups excluding carboxylic acids is 2.